The van der Waals surface area contributed by atoms with E-state index in [1.807, 2.05) is 30.3 Å². The Morgan fingerprint density at radius 2 is 1.77 bits per heavy atom. The third kappa shape index (κ3) is 3.05. The van der Waals surface area contributed by atoms with Crippen LogP contribution in [-0.4, -0.2) is 10.2 Å². The van der Waals surface area contributed by atoms with Crippen LogP contribution >= 0.6 is 11.6 Å². The number of hydrogen-bond donors (Lipinski definition) is 0. The van der Waals surface area contributed by atoms with Gasteiger partial charge in [-0.3, -0.25) is 0 Å². The second-order valence-electron chi connectivity index (χ2n) is 4.50. The van der Waals surface area contributed by atoms with E-state index in [0.29, 0.717) is 16.5 Å². The molecule has 0 unspecified atom stereocenters. The molecule has 0 saturated heterocycles. The summed E-state index contributed by atoms with van der Waals surface area (Å²) in [6.45, 7) is 0. The molecule has 4 nitrogen and oxygen atoms in total. The van der Waals surface area contributed by atoms with Crippen molar-refractivity contribution in [2.45, 2.75) is 0 Å². The maximum Gasteiger partial charge on any atom is 0.259 e. The van der Waals surface area contributed by atoms with Crippen molar-refractivity contribution >= 4 is 22.7 Å². The van der Waals surface area contributed by atoms with Gasteiger partial charge in [0.1, 0.15) is 5.03 Å². The third-order valence-electron chi connectivity index (χ3n) is 2.98. The summed E-state index contributed by atoms with van der Waals surface area (Å²) in [6.07, 6.45) is 1.71. The third-order valence-corrected chi connectivity index (χ3v) is 3.25. The van der Waals surface area contributed by atoms with Gasteiger partial charge in [0.15, 0.2) is 0 Å². The molecule has 22 heavy (non-hydrogen) atoms. The predicted molar refractivity (Wildman–Crippen MR) is 84.6 cm³/mol. The van der Waals surface area contributed by atoms with E-state index in [0.717, 1.165) is 11.1 Å². The fourth-order valence-electron chi connectivity index (χ4n) is 1.88. The summed E-state index contributed by atoms with van der Waals surface area (Å²) in [6, 6.07) is 18.6. The van der Waals surface area contributed by atoms with Gasteiger partial charge in [-0.2, -0.15) is 5.26 Å². The fraction of sp³-hybridized carbons (Fsp3) is 0. The molecule has 3 aromatic rings. The highest BCUT2D eigenvalue weighted by atomic mass is 35.5. The Morgan fingerprint density at radius 3 is 2.45 bits per heavy atom. The molecular weight excluding hydrogens is 298 g/mol. The van der Waals surface area contributed by atoms with E-state index in [2.05, 4.69) is 16.3 Å². The summed E-state index contributed by atoms with van der Waals surface area (Å²) in [5, 5.41) is 17.1. The molecule has 0 amide bonds. The minimum absolute atomic E-state index is 0.255. The molecule has 0 bridgehead atoms. The second kappa shape index (κ2) is 6.25. The van der Waals surface area contributed by atoms with Crippen LogP contribution in [0.1, 0.15) is 17.0 Å². The summed E-state index contributed by atoms with van der Waals surface area (Å²) in [5.41, 5.74) is 2.28. The van der Waals surface area contributed by atoms with E-state index in [9.17, 15) is 0 Å². The Kier molecular flexibility index (Phi) is 3.99. The lowest BCUT2D eigenvalue weighted by atomic mass is 10.1. The Bertz CT molecular complexity index is 846. The zero-order valence-corrected chi connectivity index (χ0v) is 12.2. The monoisotopic (exact) mass is 307 g/mol. The first-order chi connectivity index (χ1) is 10.8. The van der Waals surface area contributed by atoms with Gasteiger partial charge in [0.25, 0.3) is 5.89 Å². The molecular formula is C17H10ClN3O. The van der Waals surface area contributed by atoms with Gasteiger partial charge in [-0.25, -0.2) is 0 Å². The summed E-state index contributed by atoms with van der Waals surface area (Å²) in [5.74, 6) is 0.673. The standard InChI is InChI=1S/C17H10ClN3O/c18-15(10-12-6-8-13(11-19)9-7-12)17-21-20-16(22-17)14-4-2-1-3-5-14/h1-10H/b15-10-. The Labute approximate surface area is 132 Å². The number of aromatic nitrogens is 2. The number of hydrogen-bond acceptors (Lipinski definition) is 4. The summed E-state index contributed by atoms with van der Waals surface area (Å²) < 4.78 is 5.57. The first-order valence-corrected chi connectivity index (χ1v) is 6.91. The van der Waals surface area contributed by atoms with Crippen LogP contribution in [0.5, 0.6) is 0 Å². The highest BCUT2D eigenvalue weighted by Gasteiger charge is 2.10. The Hall–Kier alpha value is -2.90. The van der Waals surface area contributed by atoms with Gasteiger partial charge in [0.2, 0.25) is 5.89 Å². The number of benzene rings is 2. The largest absolute Gasteiger partial charge is 0.415 e. The molecule has 106 valence electrons. The molecule has 5 heteroatoms. The zero-order valence-electron chi connectivity index (χ0n) is 11.4. The second-order valence-corrected chi connectivity index (χ2v) is 4.91. The lowest BCUT2D eigenvalue weighted by molar-refractivity contribution is 0.556. The van der Waals surface area contributed by atoms with Crippen LogP contribution in [0.4, 0.5) is 0 Å². The Morgan fingerprint density at radius 1 is 1.05 bits per heavy atom. The van der Waals surface area contributed by atoms with Gasteiger partial charge in [-0.05, 0) is 35.9 Å². The van der Waals surface area contributed by atoms with Crippen molar-refractivity contribution in [1.29, 1.82) is 5.26 Å². The van der Waals surface area contributed by atoms with Crippen LogP contribution in [0.15, 0.2) is 59.0 Å². The van der Waals surface area contributed by atoms with Crippen LogP contribution in [0.2, 0.25) is 0 Å². The molecule has 0 aliphatic carbocycles. The SMILES string of the molecule is N#Cc1ccc(/C=C(\Cl)c2nnc(-c3ccccc3)o2)cc1. The van der Waals surface area contributed by atoms with Crippen LogP contribution in [-0.2, 0) is 0 Å². The maximum absolute atomic E-state index is 8.77. The molecule has 0 N–H and O–H groups in total. The van der Waals surface area contributed by atoms with E-state index < -0.39 is 0 Å². The predicted octanol–water partition coefficient (Wildman–Crippen LogP) is 4.35. The van der Waals surface area contributed by atoms with Crippen molar-refractivity contribution in [3.8, 4) is 17.5 Å². The van der Waals surface area contributed by atoms with Gasteiger partial charge in [0, 0.05) is 5.56 Å². The number of rotatable bonds is 3. The van der Waals surface area contributed by atoms with E-state index in [1.165, 1.54) is 0 Å². The molecule has 0 spiro atoms. The Balaban J connectivity index is 1.86. The normalized spacial score (nSPS) is 11.2. The van der Waals surface area contributed by atoms with Gasteiger partial charge >= 0.3 is 0 Å². The molecule has 0 saturated carbocycles. The molecule has 1 heterocycles. The van der Waals surface area contributed by atoms with Crippen molar-refractivity contribution in [1.82, 2.24) is 10.2 Å². The van der Waals surface area contributed by atoms with Crippen molar-refractivity contribution in [2.24, 2.45) is 0 Å². The van der Waals surface area contributed by atoms with Gasteiger partial charge < -0.3 is 4.42 Å². The van der Waals surface area contributed by atoms with Crippen LogP contribution in [0.25, 0.3) is 22.6 Å². The van der Waals surface area contributed by atoms with Crippen molar-refractivity contribution < 1.29 is 4.42 Å². The van der Waals surface area contributed by atoms with Crippen LogP contribution < -0.4 is 0 Å². The summed E-state index contributed by atoms with van der Waals surface area (Å²) in [4.78, 5) is 0. The average molecular weight is 308 g/mol. The number of nitrogens with zero attached hydrogens (tertiary/aromatic N) is 3. The quantitative estimate of drug-likeness (QED) is 0.722. The highest BCUT2D eigenvalue weighted by Crippen LogP contribution is 2.25. The smallest absolute Gasteiger partial charge is 0.259 e. The fourth-order valence-corrected chi connectivity index (χ4v) is 2.08. The topological polar surface area (TPSA) is 62.7 Å². The van der Waals surface area contributed by atoms with Gasteiger partial charge in [-0.15, -0.1) is 10.2 Å². The lowest BCUT2D eigenvalue weighted by Gasteiger charge is -1.95. The van der Waals surface area contributed by atoms with E-state index in [1.54, 1.807) is 30.3 Å². The summed E-state index contributed by atoms with van der Waals surface area (Å²) >= 11 is 6.22. The molecule has 2 aromatic carbocycles. The molecule has 3 rings (SSSR count). The molecule has 1 aromatic heterocycles. The van der Waals surface area contributed by atoms with Crippen molar-refractivity contribution in [3.63, 3.8) is 0 Å². The molecule has 0 aliphatic heterocycles. The van der Waals surface area contributed by atoms with E-state index in [4.69, 9.17) is 21.3 Å². The lowest BCUT2D eigenvalue weighted by Crippen LogP contribution is -1.79. The maximum atomic E-state index is 8.77. The van der Waals surface area contributed by atoms with E-state index >= 15 is 0 Å². The number of nitriles is 1. The molecule has 0 aliphatic rings. The van der Waals surface area contributed by atoms with E-state index in [-0.39, 0.29) is 5.89 Å². The van der Waals surface area contributed by atoms with Crippen LogP contribution in [0, 0.1) is 11.3 Å². The minimum Gasteiger partial charge on any atom is -0.415 e. The van der Waals surface area contributed by atoms with Crippen LogP contribution in [0.3, 0.4) is 0 Å². The van der Waals surface area contributed by atoms with Gasteiger partial charge in [-0.1, -0.05) is 41.9 Å². The first-order valence-electron chi connectivity index (χ1n) is 6.53. The highest BCUT2D eigenvalue weighted by molar-refractivity contribution is 6.50. The first kappa shape index (κ1) is 14.1. The van der Waals surface area contributed by atoms with Crippen molar-refractivity contribution in [3.05, 3.63) is 71.6 Å². The summed E-state index contributed by atoms with van der Waals surface area (Å²) in [7, 11) is 0. The molecule has 0 fully saturated rings. The number of halogens is 1. The zero-order chi connectivity index (χ0) is 15.4. The van der Waals surface area contributed by atoms with Crippen molar-refractivity contribution in [2.75, 3.05) is 0 Å². The minimum atomic E-state index is 0.255. The molecule has 0 radical (unpaired) electrons. The molecule has 0 atom stereocenters. The van der Waals surface area contributed by atoms with Gasteiger partial charge in [0.05, 0.1) is 11.6 Å². The average Bonchev–Trinajstić information content (AvgIpc) is 3.06.